The van der Waals surface area contributed by atoms with Gasteiger partial charge in [-0.25, -0.2) is 4.39 Å². The highest BCUT2D eigenvalue weighted by molar-refractivity contribution is 5.42. The Morgan fingerprint density at radius 1 is 1.30 bits per heavy atom. The van der Waals surface area contributed by atoms with Gasteiger partial charge in [0.2, 0.25) is 0 Å². The average Bonchev–Trinajstić information content (AvgIpc) is 2.45. The van der Waals surface area contributed by atoms with E-state index in [-0.39, 0.29) is 11.9 Å². The van der Waals surface area contributed by atoms with Gasteiger partial charge in [-0.05, 0) is 42.8 Å². The van der Waals surface area contributed by atoms with Crippen LogP contribution in [0.25, 0.3) is 0 Å². The van der Waals surface area contributed by atoms with Gasteiger partial charge in [-0.3, -0.25) is 4.98 Å². The Hall–Kier alpha value is -1.94. The van der Waals surface area contributed by atoms with Crippen LogP contribution in [-0.4, -0.2) is 18.6 Å². The van der Waals surface area contributed by atoms with E-state index in [1.165, 1.54) is 6.07 Å². The molecular formula is C16H19FN2O. The molecule has 0 aliphatic rings. The number of aryl methyl sites for hydroxylation is 1. The van der Waals surface area contributed by atoms with Gasteiger partial charge >= 0.3 is 0 Å². The third kappa shape index (κ3) is 2.96. The van der Waals surface area contributed by atoms with E-state index in [1.807, 2.05) is 26.0 Å². The molecule has 1 atom stereocenters. The van der Waals surface area contributed by atoms with E-state index in [4.69, 9.17) is 4.74 Å². The zero-order chi connectivity index (χ0) is 14.5. The Bertz CT molecular complexity index is 586. The van der Waals surface area contributed by atoms with Crippen LogP contribution in [0.2, 0.25) is 0 Å². The Balaban J connectivity index is 2.50. The van der Waals surface area contributed by atoms with E-state index in [2.05, 4.69) is 10.3 Å². The summed E-state index contributed by atoms with van der Waals surface area (Å²) in [6, 6.07) is 6.74. The molecule has 0 radical (unpaired) electrons. The first kappa shape index (κ1) is 14.5. The molecule has 1 N–H and O–H groups in total. The molecule has 0 aliphatic heterocycles. The van der Waals surface area contributed by atoms with Crippen molar-refractivity contribution >= 4 is 0 Å². The number of aromatic nitrogens is 1. The highest BCUT2D eigenvalue weighted by atomic mass is 19.1. The molecule has 0 spiro atoms. The summed E-state index contributed by atoms with van der Waals surface area (Å²) in [5.41, 5.74) is 2.95. The number of hydrogen-bond donors (Lipinski definition) is 1. The normalized spacial score (nSPS) is 12.2. The fourth-order valence-corrected chi connectivity index (χ4v) is 2.35. The fourth-order valence-electron chi connectivity index (χ4n) is 2.35. The summed E-state index contributed by atoms with van der Waals surface area (Å²) in [5, 5.41) is 3.42. The number of pyridine rings is 1. The third-order valence-electron chi connectivity index (χ3n) is 3.30. The van der Waals surface area contributed by atoms with Crippen LogP contribution in [0.5, 0.6) is 5.75 Å². The van der Waals surface area contributed by atoms with Crippen LogP contribution in [0.4, 0.5) is 4.39 Å². The molecule has 1 aromatic heterocycles. The Kier molecular flexibility index (Phi) is 4.69. The number of nitrogens with one attached hydrogen (secondary N) is 1. The molecular weight excluding hydrogens is 255 g/mol. The molecule has 0 saturated carbocycles. The van der Waals surface area contributed by atoms with Gasteiger partial charge in [0, 0.05) is 11.8 Å². The predicted molar refractivity (Wildman–Crippen MR) is 77.4 cm³/mol. The van der Waals surface area contributed by atoms with Gasteiger partial charge in [0.25, 0.3) is 0 Å². The Morgan fingerprint density at radius 3 is 2.75 bits per heavy atom. The number of ether oxygens (including phenoxy) is 1. The number of hydrogen-bond acceptors (Lipinski definition) is 3. The molecule has 1 unspecified atom stereocenters. The lowest BCUT2D eigenvalue weighted by molar-refractivity contribution is 0.402. The average molecular weight is 274 g/mol. The van der Waals surface area contributed by atoms with E-state index in [0.29, 0.717) is 0 Å². The summed E-state index contributed by atoms with van der Waals surface area (Å²) >= 11 is 0. The van der Waals surface area contributed by atoms with Crippen LogP contribution in [0.1, 0.15) is 29.7 Å². The lowest BCUT2D eigenvalue weighted by atomic mass is 9.95. The van der Waals surface area contributed by atoms with Crippen molar-refractivity contribution in [1.29, 1.82) is 0 Å². The van der Waals surface area contributed by atoms with Crippen LogP contribution in [0, 0.1) is 12.7 Å². The summed E-state index contributed by atoms with van der Waals surface area (Å²) in [7, 11) is 1.63. The van der Waals surface area contributed by atoms with Crippen LogP contribution in [-0.2, 0) is 0 Å². The van der Waals surface area contributed by atoms with E-state index >= 15 is 0 Å². The maximum absolute atomic E-state index is 13.3. The first-order chi connectivity index (χ1) is 9.67. The maximum Gasteiger partial charge on any atom is 0.142 e. The Labute approximate surface area is 118 Å². The summed E-state index contributed by atoms with van der Waals surface area (Å²) in [4.78, 5) is 4.08. The number of nitrogens with zero attached hydrogens (tertiary/aromatic N) is 1. The molecule has 0 fully saturated rings. The van der Waals surface area contributed by atoms with Crippen molar-refractivity contribution in [3.8, 4) is 5.75 Å². The van der Waals surface area contributed by atoms with Crippen molar-refractivity contribution in [3.63, 3.8) is 0 Å². The smallest absolute Gasteiger partial charge is 0.142 e. The largest absolute Gasteiger partial charge is 0.495 e. The molecule has 20 heavy (non-hydrogen) atoms. The molecule has 4 heteroatoms. The maximum atomic E-state index is 13.3. The van der Waals surface area contributed by atoms with Crippen LogP contribution < -0.4 is 10.1 Å². The minimum absolute atomic E-state index is 0.0430. The van der Waals surface area contributed by atoms with Crippen LogP contribution in [0.15, 0.2) is 36.7 Å². The highest BCUT2D eigenvalue weighted by Gasteiger charge is 2.19. The molecule has 2 aromatic rings. The molecule has 1 aromatic carbocycles. The van der Waals surface area contributed by atoms with Gasteiger partial charge in [0.05, 0.1) is 19.3 Å². The van der Waals surface area contributed by atoms with Gasteiger partial charge in [-0.1, -0.05) is 13.0 Å². The van der Waals surface area contributed by atoms with Crippen molar-refractivity contribution in [1.82, 2.24) is 10.3 Å². The number of benzene rings is 1. The third-order valence-corrected chi connectivity index (χ3v) is 3.30. The van der Waals surface area contributed by atoms with Crippen LogP contribution >= 0.6 is 0 Å². The number of methoxy groups -OCH3 is 1. The molecule has 0 bridgehead atoms. The standard InChI is InChI=1S/C16H19FN2O/c1-4-19-16(13-6-5-12(17)9-11(13)2)14-7-8-18-10-15(14)20-3/h5-10,16,19H,4H2,1-3H3. The van der Waals surface area contributed by atoms with E-state index in [9.17, 15) is 4.39 Å². The summed E-state index contributed by atoms with van der Waals surface area (Å²) in [6.45, 7) is 4.75. The topological polar surface area (TPSA) is 34.2 Å². The van der Waals surface area contributed by atoms with Crippen molar-refractivity contribution in [2.75, 3.05) is 13.7 Å². The summed E-state index contributed by atoms with van der Waals surface area (Å²) in [5.74, 6) is 0.505. The van der Waals surface area contributed by atoms with Crippen molar-refractivity contribution < 1.29 is 9.13 Å². The van der Waals surface area contributed by atoms with E-state index in [1.54, 1.807) is 25.6 Å². The lowest BCUT2D eigenvalue weighted by Gasteiger charge is -2.22. The monoisotopic (exact) mass is 274 g/mol. The zero-order valence-electron chi connectivity index (χ0n) is 12.0. The second kappa shape index (κ2) is 6.48. The second-order valence-electron chi connectivity index (χ2n) is 4.61. The predicted octanol–water partition coefficient (Wildman–Crippen LogP) is 3.24. The SMILES string of the molecule is CCNC(c1ccc(F)cc1C)c1ccncc1OC. The quantitative estimate of drug-likeness (QED) is 0.909. The fraction of sp³-hybridized carbons (Fsp3) is 0.312. The van der Waals surface area contributed by atoms with Crippen molar-refractivity contribution in [3.05, 3.63) is 59.2 Å². The van der Waals surface area contributed by atoms with Crippen molar-refractivity contribution in [2.24, 2.45) is 0 Å². The summed E-state index contributed by atoms with van der Waals surface area (Å²) < 4.78 is 18.7. The first-order valence-corrected chi connectivity index (χ1v) is 6.64. The first-order valence-electron chi connectivity index (χ1n) is 6.64. The molecule has 3 nitrogen and oxygen atoms in total. The van der Waals surface area contributed by atoms with E-state index < -0.39 is 0 Å². The van der Waals surface area contributed by atoms with Crippen molar-refractivity contribution in [2.45, 2.75) is 19.9 Å². The second-order valence-corrected chi connectivity index (χ2v) is 4.61. The molecule has 2 rings (SSSR count). The molecule has 0 amide bonds. The minimum atomic E-state index is -0.219. The van der Waals surface area contributed by atoms with Gasteiger partial charge in [0.15, 0.2) is 0 Å². The van der Waals surface area contributed by atoms with Gasteiger partial charge in [0.1, 0.15) is 11.6 Å². The zero-order valence-corrected chi connectivity index (χ0v) is 12.0. The molecule has 106 valence electrons. The number of rotatable bonds is 5. The lowest BCUT2D eigenvalue weighted by Crippen LogP contribution is -2.23. The van der Waals surface area contributed by atoms with E-state index in [0.717, 1.165) is 29.0 Å². The van der Waals surface area contributed by atoms with Gasteiger partial charge < -0.3 is 10.1 Å². The number of halogens is 1. The molecule has 0 aliphatic carbocycles. The molecule has 1 heterocycles. The summed E-state index contributed by atoms with van der Waals surface area (Å²) in [6.07, 6.45) is 3.43. The van der Waals surface area contributed by atoms with Crippen LogP contribution in [0.3, 0.4) is 0 Å². The highest BCUT2D eigenvalue weighted by Crippen LogP contribution is 2.31. The molecule has 0 saturated heterocycles. The van der Waals surface area contributed by atoms with Gasteiger partial charge in [-0.2, -0.15) is 0 Å². The Morgan fingerprint density at radius 2 is 2.10 bits per heavy atom. The van der Waals surface area contributed by atoms with Gasteiger partial charge in [-0.15, -0.1) is 0 Å². The minimum Gasteiger partial charge on any atom is -0.495 e.